The van der Waals surface area contributed by atoms with Crippen LogP contribution in [0.3, 0.4) is 0 Å². The Morgan fingerprint density at radius 1 is 1.38 bits per heavy atom. The Morgan fingerprint density at radius 3 is 2.00 bits per heavy atom. The van der Waals surface area contributed by atoms with Crippen LogP contribution in [0.1, 0.15) is 12.0 Å². The van der Waals surface area contributed by atoms with Crippen molar-refractivity contribution in [3.8, 4) is 0 Å². The first-order valence-corrected chi connectivity index (χ1v) is 6.21. The smallest absolute Gasteiger partial charge is 0.157 e. The van der Waals surface area contributed by atoms with Crippen LogP contribution in [0.15, 0.2) is 29.2 Å². The predicted octanol–water partition coefficient (Wildman–Crippen LogP) is 0.238. The molecule has 1 fully saturated rings. The lowest BCUT2D eigenvalue weighted by Gasteiger charge is -2.05. The van der Waals surface area contributed by atoms with E-state index >= 15 is 0 Å². The fourth-order valence-corrected chi connectivity index (χ4v) is 1.39. The molecular formula is C10H14FNO3S. The largest absolute Gasteiger partial charge is 0.744 e. The van der Waals surface area contributed by atoms with Gasteiger partial charge in [-0.25, -0.2) is 12.8 Å². The topological polar surface area (TPSA) is 84.8 Å². The summed E-state index contributed by atoms with van der Waals surface area (Å²) >= 11 is 0. The minimum Gasteiger partial charge on any atom is -0.744 e. The highest BCUT2D eigenvalue weighted by Gasteiger charge is 2.37. The van der Waals surface area contributed by atoms with E-state index in [9.17, 15) is 17.4 Å². The molecule has 1 aliphatic rings. The van der Waals surface area contributed by atoms with Gasteiger partial charge in [-0.1, -0.05) is 17.7 Å². The Balaban J connectivity index is 0.000000212. The molecule has 0 amide bonds. The molecule has 2 atom stereocenters. The second-order valence-electron chi connectivity index (χ2n) is 3.78. The summed E-state index contributed by atoms with van der Waals surface area (Å²) in [5.74, 6) is 0. The Kier molecular flexibility index (Phi) is 4.01. The van der Waals surface area contributed by atoms with Gasteiger partial charge >= 0.3 is 0 Å². The summed E-state index contributed by atoms with van der Waals surface area (Å²) in [6.07, 6.45) is 0.134. The van der Waals surface area contributed by atoms with E-state index in [1.54, 1.807) is 12.1 Å². The van der Waals surface area contributed by atoms with Crippen molar-refractivity contribution < 1.29 is 23.1 Å². The van der Waals surface area contributed by atoms with Crippen LogP contribution in [0.5, 0.6) is 0 Å². The van der Waals surface area contributed by atoms with E-state index in [1.807, 2.05) is 6.92 Å². The molecule has 0 radical (unpaired) electrons. The number of alkyl halides is 1. The molecule has 1 aromatic rings. The second-order valence-corrected chi connectivity index (χ2v) is 5.16. The van der Waals surface area contributed by atoms with Crippen LogP contribution in [-0.4, -0.2) is 25.2 Å². The number of halogens is 1. The Hall–Kier alpha value is -0.980. The van der Waals surface area contributed by atoms with E-state index in [4.69, 9.17) is 0 Å². The molecule has 1 aromatic carbocycles. The fraction of sp³-hybridized carbons (Fsp3) is 0.400. The van der Waals surface area contributed by atoms with Crippen LogP contribution >= 0.6 is 0 Å². The zero-order valence-electron chi connectivity index (χ0n) is 8.89. The van der Waals surface area contributed by atoms with Gasteiger partial charge in [-0.05, 0) is 19.1 Å². The summed E-state index contributed by atoms with van der Waals surface area (Å²) in [5, 5.41) is 0. The maximum atomic E-state index is 11.4. The van der Waals surface area contributed by atoms with Crippen molar-refractivity contribution in [2.75, 3.05) is 0 Å². The van der Waals surface area contributed by atoms with E-state index in [1.165, 1.54) is 12.1 Å². The van der Waals surface area contributed by atoms with E-state index in [0.29, 0.717) is 6.42 Å². The number of hydrogen-bond donors (Lipinski definition) is 1. The van der Waals surface area contributed by atoms with Crippen molar-refractivity contribution in [1.82, 2.24) is 0 Å². The first kappa shape index (κ1) is 13.1. The second kappa shape index (κ2) is 4.90. The molecule has 1 aliphatic carbocycles. The third kappa shape index (κ3) is 4.26. The van der Waals surface area contributed by atoms with Crippen molar-refractivity contribution in [3.63, 3.8) is 0 Å². The highest BCUT2D eigenvalue weighted by Crippen LogP contribution is 2.19. The predicted molar refractivity (Wildman–Crippen MR) is 55.3 cm³/mol. The highest BCUT2D eigenvalue weighted by atomic mass is 32.2. The minimum absolute atomic E-state index is 0.134. The Labute approximate surface area is 94.0 Å². The van der Waals surface area contributed by atoms with E-state index in [0.717, 1.165) is 5.56 Å². The van der Waals surface area contributed by atoms with Gasteiger partial charge in [0.25, 0.3) is 0 Å². The molecule has 0 aromatic heterocycles. The number of benzene rings is 1. The molecule has 1 saturated carbocycles. The maximum Gasteiger partial charge on any atom is 0.157 e. The van der Waals surface area contributed by atoms with Crippen LogP contribution in [0.25, 0.3) is 0 Å². The van der Waals surface area contributed by atoms with Crippen LogP contribution < -0.4 is 5.73 Å². The van der Waals surface area contributed by atoms with Crippen LogP contribution in [-0.2, 0) is 10.1 Å². The van der Waals surface area contributed by atoms with E-state index in [-0.39, 0.29) is 10.9 Å². The lowest BCUT2D eigenvalue weighted by atomic mass is 10.2. The third-order valence-electron chi connectivity index (χ3n) is 2.15. The first-order valence-electron chi connectivity index (χ1n) is 4.80. The van der Waals surface area contributed by atoms with Gasteiger partial charge in [0.2, 0.25) is 0 Å². The summed E-state index contributed by atoms with van der Waals surface area (Å²) in [5.41, 5.74) is 4.38. The van der Waals surface area contributed by atoms with Crippen molar-refractivity contribution >= 4 is 10.1 Å². The standard InChI is InChI=1S/C7H8O3S.C3H6FN/c1-6-2-4-7(5-3-6)11(8,9)10;4-2-1-3(2)5/h2-5H,1H3,(H,8,9,10);2-3H,1,5H2/t;2-,3+/m.0/s1. The van der Waals surface area contributed by atoms with Gasteiger partial charge in [0.1, 0.15) is 16.2 Å². The third-order valence-corrected chi connectivity index (χ3v) is 3.00. The van der Waals surface area contributed by atoms with Gasteiger partial charge in [-0.2, -0.15) is 0 Å². The molecule has 0 spiro atoms. The van der Waals surface area contributed by atoms with Crippen LogP contribution in [0, 0.1) is 6.92 Å². The van der Waals surface area contributed by atoms with E-state index in [2.05, 4.69) is 5.73 Å². The van der Waals surface area contributed by atoms with Gasteiger partial charge in [-0.3, -0.25) is 0 Å². The molecule has 2 rings (SSSR count). The van der Waals surface area contributed by atoms with Crippen LogP contribution in [0.4, 0.5) is 4.39 Å². The zero-order valence-corrected chi connectivity index (χ0v) is 9.71. The quantitative estimate of drug-likeness (QED) is 0.721. The SMILES string of the molecule is Cc1ccc(S(=O)(=O)[O-])cc1.[NH3+][C@@H]1C[C@@H]1F. The molecule has 0 heterocycles. The van der Waals surface area contributed by atoms with Gasteiger partial charge in [0.15, 0.2) is 6.17 Å². The van der Waals surface area contributed by atoms with Crippen molar-refractivity contribution in [2.45, 2.75) is 30.5 Å². The summed E-state index contributed by atoms with van der Waals surface area (Å²) in [7, 11) is -4.27. The lowest BCUT2D eigenvalue weighted by molar-refractivity contribution is -0.389. The number of rotatable bonds is 1. The average Bonchev–Trinajstić information content (AvgIpc) is 2.79. The average molecular weight is 247 g/mol. The Morgan fingerprint density at radius 2 is 1.75 bits per heavy atom. The first-order chi connectivity index (χ1) is 7.30. The molecule has 0 saturated heterocycles. The molecule has 0 bridgehead atoms. The van der Waals surface area contributed by atoms with Crippen molar-refractivity contribution in [1.29, 1.82) is 0 Å². The maximum absolute atomic E-state index is 11.4. The fourth-order valence-electron chi connectivity index (χ4n) is 0.916. The lowest BCUT2D eigenvalue weighted by Crippen LogP contribution is -2.53. The molecule has 6 heteroatoms. The monoisotopic (exact) mass is 247 g/mol. The molecule has 90 valence electrons. The Bertz CT molecular complexity index is 438. The zero-order chi connectivity index (χ0) is 12.3. The number of hydrogen-bond acceptors (Lipinski definition) is 3. The minimum atomic E-state index is -4.27. The van der Waals surface area contributed by atoms with Crippen molar-refractivity contribution in [2.24, 2.45) is 0 Å². The van der Waals surface area contributed by atoms with Gasteiger partial charge in [0.05, 0.1) is 4.90 Å². The molecule has 4 nitrogen and oxygen atoms in total. The highest BCUT2D eigenvalue weighted by molar-refractivity contribution is 7.85. The van der Waals surface area contributed by atoms with E-state index < -0.39 is 16.3 Å². The molecule has 16 heavy (non-hydrogen) atoms. The summed E-state index contributed by atoms with van der Waals surface area (Å²) in [6, 6.07) is 5.92. The molecule has 0 aliphatic heterocycles. The molecule has 3 N–H and O–H groups in total. The summed E-state index contributed by atoms with van der Waals surface area (Å²) in [4.78, 5) is -0.178. The number of quaternary nitrogens is 1. The van der Waals surface area contributed by atoms with Gasteiger partial charge in [-0.15, -0.1) is 0 Å². The summed E-state index contributed by atoms with van der Waals surface area (Å²) in [6.45, 7) is 1.82. The van der Waals surface area contributed by atoms with Crippen LogP contribution in [0.2, 0.25) is 0 Å². The van der Waals surface area contributed by atoms with Gasteiger partial charge < -0.3 is 10.3 Å². The molecular weight excluding hydrogens is 233 g/mol. The van der Waals surface area contributed by atoms with Crippen molar-refractivity contribution in [3.05, 3.63) is 29.8 Å². The summed E-state index contributed by atoms with van der Waals surface area (Å²) < 4.78 is 42.6. The molecule has 0 unspecified atom stereocenters. The van der Waals surface area contributed by atoms with Gasteiger partial charge in [0, 0.05) is 6.42 Å². The normalized spacial score (nSPS) is 23.2. The number of aryl methyl sites for hydroxylation is 1.